The monoisotopic (exact) mass is 367 g/mol. The number of pyridine rings is 1. The molecule has 1 fully saturated rings. The van der Waals surface area contributed by atoms with Crippen LogP contribution in [0.2, 0.25) is 5.02 Å². The Morgan fingerprint density at radius 3 is 2.58 bits per heavy atom. The van der Waals surface area contributed by atoms with Crippen LogP contribution in [-0.4, -0.2) is 24.5 Å². The average molecular weight is 368 g/mol. The van der Waals surface area contributed by atoms with Crippen molar-refractivity contribution >= 4 is 11.6 Å². The second-order valence-electron chi connectivity index (χ2n) is 6.18. The summed E-state index contributed by atoms with van der Waals surface area (Å²) in [7, 11) is 0. The molecular formula is C22H22ClNO2. The lowest BCUT2D eigenvalue weighted by Gasteiger charge is -2.24. The lowest BCUT2D eigenvalue weighted by molar-refractivity contribution is -0.160. The van der Waals surface area contributed by atoms with E-state index in [1.807, 2.05) is 36.4 Å². The minimum absolute atomic E-state index is 0.319. The molecule has 1 aliphatic rings. The predicted octanol–water partition coefficient (Wildman–Crippen LogP) is 5.10. The van der Waals surface area contributed by atoms with E-state index < -0.39 is 6.29 Å². The summed E-state index contributed by atoms with van der Waals surface area (Å²) < 4.78 is 11.3. The third-order valence-corrected chi connectivity index (χ3v) is 4.28. The number of halogens is 1. The van der Waals surface area contributed by atoms with E-state index in [0.29, 0.717) is 24.2 Å². The van der Waals surface area contributed by atoms with Crippen LogP contribution in [0.1, 0.15) is 25.3 Å². The van der Waals surface area contributed by atoms with E-state index in [1.165, 1.54) is 0 Å². The number of benzene rings is 1. The van der Waals surface area contributed by atoms with Gasteiger partial charge in [0.15, 0.2) is 0 Å². The Morgan fingerprint density at radius 2 is 1.92 bits per heavy atom. The van der Waals surface area contributed by atoms with Crippen LogP contribution in [0, 0.1) is 17.8 Å². The molecule has 0 N–H and O–H groups in total. The van der Waals surface area contributed by atoms with Crippen molar-refractivity contribution in [2.45, 2.75) is 26.1 Å². The van der Waals surface area contributed by atoms with Crippen LogP contribution in [0.4, 0.5) is 0 Å². The molecule has 0 amide bonds. The van der Waals surface area contributed by atoms with Gasteiger partial charge >= 0.3 is 0 Å². The van der Waals surface area contributed by atoms with Crippen LogP contribution >= 0.6 is 11.6 Å². The molecule has 0 aliphatic carbocycles. The highest BCUT2D eigenvalue weighted by Crippen LogP contribution is 2.19. The van der Waals surface area contributed by atoms with Crippen LogP contribution in [0.3, 0.4) is 0 Å². The molecule has 26 heavy (non-hydrogen) atoms. The molecule has 0 atom stereocenters. The zero-order chi connectivity index (χ0) is 18.2. The molecule has 1 aromatic heterocycles. The van der Waals surface area contributed by atoms with Crippen LogP contribution in [0.5, 0.6) is 0 Å². The minimum atomic E-state index is -0.471. The van der Waals surface area contributed by atoms with Crippen molar-refractivity contribution < 1.29 is 9.47 Å². The van der Waals surface area contributed by atoms with Crippen molar-refractivity contribution in [3.05, 3.63) is 65.3 Å². The van der Waals surface area contributed by atoms with Gasteiger partial charge in [-0.15, -0.1) is 0 Å². The quantitative estimate of drug-likeness (QED) is 0.556. The van der Waals surface area contributed by atoms with Gasteiger partial charge in [-0.3, -0.25) is 4.98 Å². The number of nitrogens with zero attached hydrogens (tertiary/aromatic N) is 1. The Balaban J connectivity index is 1.55. The smallest absolute Gasteiger partial charge is 0.222 e. The Morgan fingerprint density at radius 1 is 1.15 bits per heavy atom. The number of allylic oxidation sites excluding steroid dienone is 1. The van der Waals surface area contributed by atoms with Gasteiger partial charge in [0.25, 0.3) is 0 Å². The van der Waals surface area contributed by atoms with Crippen LogP contribution < -0.4 is 0 Å². The van der Waals surface area contributed by atoms with Crippen molar-refractivity contribution in [2.24, 2.45) is 5.92 Å². The van der Waals surface area contributed by atoms with Crippen LogP contribution in [0.15, 0.2) is 54.7 Å². The molecule has 2 aromatic rings. The maximum absolute atomic E-state index is 5.91. The van der Waals surface area contributed by atoms with Gasteiger partial charge < -0.3 is 9.47 Å². The van der Waals surface area contributed by atoms with Gasteiger partial charge in [0.1, 0.15) is 0 Å². The lowest BCUT2D eigenvalue weighted by Crippen LogP contribution is -2.30. The molecule has 1 saturated heterocycles. The fourth-order valence-electron chi connectivity index (χ4n) is 2.57. The molecule has 3 rings (SSSR count). The van der Waals surface area contributed by atoms with E-state index in [0.717, 1.165) is 29.7 Å². The average Bonchev–Trinajstić information content (AvgIpc) is 2.69. The number of ether oxygens (including phenoxy) is 2. The lowest BCUT2D eigenvalue weighted by atomic mass is 10.1. The number of hydrogen-bond acceptors (Lipinski definition) is 3. The number of hydrogen-bond donors (Lipinski definition) is 0. The first kappa shape index (κ1) is 18.7. The summed E-state index contributed by atoms with van der Waals surface area (Å²) in [6, 6.07) is 11.5. The highest BCUT2D eigenvalue weighted by Gasteiger charge is 2.18. The Hall–Kier alpha value is -2.12. The Bertz CT molecular complexity index is 780. The first-order valence-electron chi connectivity index (χ1n) is 8.88. The van der Waals surface area contributed by atoms with E-state index in [2.05, 4.69) is 35.9 Å². The molecule has 0 unspecified atom stereocenters. The molecule has 1 aliphatic heterocycles. The molecule has 0 saturated carbocycles. The second-order valence-corrected chi connectivity index (χ2v) is 6.62. The van der Waals surface area contributed by atoms with Gasteiger partial charge in [-0.2, -0.15) is 0 Å². The SMILES string of the molecule is CCC/C=C/C1COC(C#Cc2ccc(-c3ccc(Cl)cc3)nc2)OC1. The largest absolute Gasteiger partial charge is 0.341 e. The van der Waals surface area contributed by atoms with E-state index >= 15 is 0 Å². The van der Waals surface area contributed by atoms with E-state index in [1.54, 1.807) is 6.20 Å². The van der Waals surface area contributed by atoms with E-state index in [9.17, 15) is 0 Å². The summed E-state index contributed by atoms with van der Waals surface area (Å²) >= 11 is 5.91. The highest BCUT2D eigenvalue weighted by atomic mass is 35.5. The van der Waals surface area contributed by atoms with Gasteiger partial charge in [-0.25, -0.2) is 0 Å². The Labute approximate surface area is 160 Å². The Kier molecular flexibility index (Phi) is 6.85. The fraction of sp³-hybridized carbons (Fsp3) is 0.318. The van der Waals surface area contributed by atoms with Crippen molar-refractivity contribution in [3.63, 3.8) is 0 Å². The topological polar surface area (TPSA) is 31.4 Å². The maximum Gasteiger partial charge on any atom is 0.222 e. The first-order chi connectivity index (χ1) is 12.7. The molecule has 0 spiro atoms. The van der Waals surface area contributed by atoms with Gasteiger partial charge in [-0.05, 0) is 36.6 Å². The predicted molar refractivity (Wildman–Crippen MR) is 105 cm³/mol. The zero-order valence-corrected chi connectivity index (χ0v) is 15.6. The first-order valence-corrected chi connectivity index (χ1v) is 9.26. The van der Waals surface area contributed by atoms with Crippen molar-refractivity contribution in [2.75, 3.05) is 13.2 Å². The summed E-state index contributed by atoms with van der Waals surface area (Å²) in [6.45, 7) is 3.46. The van der Waals surface area contributed by atoms with Gasteiger partial charge in [0.2, 0.25) is 6.29 Å². The van der Waals surface area contributed by atoms with E-state index in [-0.39, 0.29) is 0 Å². The standard InChI is InChI=1S/C22H22ClNO2/c1-2-3-4-5-18-15-25-22(26-16-18)13-7-17-6-12-21(24-14-17)19-8-10-20(23)11-9-19/h4-6,8-12,14,18,22H,2-3,15-16H2,1H3/b5-4+. The minimum Gasteiger partial charge on any atom is -0.341 e. The van der Waals surface area contributed by atoms with Crippen molar-refractivity contribution in [1.29, 1.82) is 0 Å². The van der Waals surface area contributed by atoms with E-state index in [4.69, 9.17) is 21.1 Å². The molecule has 134 valence electrons. The summed E-state index contributed by atoms with van der Waals surface area (Å²) in [5.41, 5.74) is 2.74. The van der Waals surface area contributed by atoms with Gasteiger partial charge in [-0.1, -0.05) is 55.2 Å². The molecule has 0 radical (unpaired) electrons. The van der Waals surface area contributed by atoms with Gasteiger partial charge in [0, 0.05) is 28.3 Å². The number of rotatable bonds is 4. The van der Waals surface area contributed by atoms with Crippen molar-refractivity contribution in [3.8, 4) is 23.1 Å². The van der Waals surface area contributed by atoms with Crippen LogP contribution in [0.25, 0.3) is 11.3 Å². The molecule has 3 nitrogen and oxygen atoms in total. The van der Waals surface area contributed by atoms with Gasteiger partial charge in [0.05, 0.1) is 18.9 Å². The fourth-order valence-corrected chi connectivity index (χ4v) is 2.70. The molecule has 4 heteroatoms. The molecule has 1 aromatic carbocycles. The van der Waals surface area contributed by atoms with Crippen LogP contribution in [-0.2, 0) is 9.47 Å². The summed E-state index contributed by atoms with van der Waals surface area (Å²) in [4.78, 5) is 4.46. The summed E-state index contributed by atoms with van der Waals surface area (Å²) in [5, 5.41) is 0.715. The third-order valence-electron chi connectivity index (χ3n) is 4.02. The molecular weight excluding hydrogens is 346 g/mol. The molecule has 0 bridgehead atoms. The zero-order valence-electron chi connectivity index (χ0n) is 14.8. The normalized spacial score (nSPS) is 19.9. The molecule has 2 heterocycles. The summed E-state index contributed by atoms with van der Waals surface area (Å²) in [6.07, 6.45) is 7.91. The summed E-state index contributed by atoms with van der Waals surface area (Å²) in [5.74, 6) is 6.40. The number of aromatic nitrogens is 1. The third kappa shape index (κ3) is 5.44. The number of unbranched alkanes of at least 4 members (excludes halogenated alkanes) is 1. The van der Waals surface area contributed by atoms with Crippen molar-refractivity contribution in [1.82, 2.24) is 4.98 Å². The second kappa shape index (κ2) is 9.54. The maximum atomic E-state index is 5.91. The highest BCUT2D eigenvalue weighted by molar-refractivity contribution is 6.30.